The van der Waals surface area contributed by atoms with Crippen molar-refractivity contribution in [3.05, 3.63) is 53.5 Å². The predicted molar refractivity (Wildman–Crippen MR) is 63.5 cm³/mol. The minimum absolute atomic E-state index is 0.440. The number of hydrogen-bond donors (Lipinski definition) is 0. The van der Waals surface area contributed by atoms with E-state index in [-0.39, 0.29) is 0 Å². The number of rotatable bonds is 3. The van der Waals surface area contributed by atoms with Crippen molar-refractivity contribution in [2.75, 3.05) is 0 Å². The van der Waals surface area contributed by atoms with Gasteiger partial charge in [-0.3, -0.25) is 0 Å². The second kappa shape index (κ2) is 4.79. The number of allylic oxidation sites excluding steroid dienone is 1. The molecule has 77 valence electrons. The summed E-state index contributed by atoms with van der Waals surface area (Å²) in [6.45, 7) is 10.0. The quantitative estimate of drug-likeness (QED) is 0.724. The van der Waals surface area contributed by atoms with Crippen molar-refractivity contribution in [1.29, 1.82) is 5.26 Å². The monoisotopic (exact) mass is 198 g/mol. The Kier molecular flexibility index (Phi) is 3.68. The van der Waals surface area contributed by atoms with Gasteiger partial charge in [0.2, 0.25) is 0 Å². The van der Waals surface area contributed by atoms with E-state index in [9.17, 15) is 0 Å². The van der Waals surface area contributed by atoms with Gasteiger partial charge in [0.15, 0.2) is 0 Å². The zero-order valence-electron chi connectivity index (χ0n) is 9.54. The predicted octanol–water partition coefficient (Wildman–Crippen LogP) is 3.81. The van der Waals surface area contributed by atoms with Crippen molar-refractivity contribution in [2.45, 2.75) is 26.7 Å². The third-order valence-electron chi connectivity index (χ3n) is 2.51. The average molecular weight is 198 g/mol. The third-order valence-corrected chi connectivity index (χ3v) is 2.51. The topological polar surface area (TPSA) is 23.8 Å². The van der Waals surface area contributed by atoms with Crippen LogP contribution in [0.25, 0.3) is 0 Å². The molecule has 0 atom stereocenters. The van der Waals surface area contributed by atoms with Crippen LogP contribution in [0, 0.1) is 17.2 Å². The van der Waals surface area contributed by atoms with E-state index in [0.717, 1.165) is 17.0 Å². The van der Waals surface area contributed by atoms with E-state index >= 15 is 0 Å². The Hall–Kier alpha value is -1.55. The molecule has 0 amide bonds. The molecule has 0 aromatic heterocycles. The highest BCUT2D eigenvalue weighted by Crippen LogP contribution is 2.23. The van der Waals surface area contributed by atoms with Gasteiger partial charge < -0.3 is 0 Å². The molecular weight excluding hydrogens is 182 g/mol. The molecule has 1 nitrogen and oxygen atoms in total. The molecule has 0 saturated heterocycles. The lowest BCUT2D eigenvalue weighted by molar-refractivity contribution is 0.863. The molecule has 0 bridgehead atoms. The van der Waals surface area contributed by atoms with Crippen LogP contribution >= 0.6 is 0 Å². The maximum atomic E-state index is 8.94. The first kappa shape index (κ1) is 11.5. The van der Waals surface area contributed by atoms with Crippen LogP contribution in [0.2, 0.25) is 0 Å². The van der Waals surface area contributed by atoms with Gasteiger partial charge in [-0.2, -0.15) is 5.26 Å². The number of benzene rings is 1. The molecule has 1 radical (unpaired) electrons. The molecule has 0 saturated carbocycles. The van der Waals surface area contributed by atoms with Crippen LogP contribution in [-0.4, -0.2) is 0 Å². The van der Waals surface area contributed by atoms with E-state index in [4.69, 9.17) is 5.26 Å². The van der Waals surface area contributed by atoms with E-state index in [1.165, 1.54) is 5.56 Å². The van der Waals surface area contributed by atoms with Crippen molar-refractivity contribution in [3.8, 4) is 6.07 Å². The van der Waals surface area contributed by atoms with Crippen molar-refractivity contribution < 1.29 is 0 Å². The summed E-state index contributed by atoms with van der Waals surface area (Å²) in [6.07, 6.45) is 1.82. The first-order valence-corrected chi connectivity index (χ1v) is 5.10. The number of nitriles is 1. The summed E-state index contributed by atoms with van der Waals surface area (Å²) in [6, 6.07) is 8.18. The van der Waals surface area contributed by atoms with Crippen molar-refractivity contribution >= 4 is 0 Å². The fraction of sp³-hybridized carbons (Fsp3) is 0.286. The fourth-order valence-electron chi connectivity index (χ4n) is 1.40. The highest BCUT2D eigenvalue weighted by molar-refractivity contribution is 5.45. The molecule has 15 heavy (non-hydrogen) atoms. The Morgan fingerprint density at radius 2 is 2.07 bits per heavy atom. The van der Waals surface area contributed by atoms with Gasteiger partial charge in [-0.15, -0.1) is 6.58 Å². The molecule has 1 aromatic carbocycles. The molecule has 0 heterocycles. The summed E-state index contributed by atoms with van der Waals surface area (Å²) >= 11 is 0. The van der Waals surface area contributed by atoms with E-state index in [0.29, 0.717) is 5.92 Å². The minimum atomic E-state index is 0.440. The van der Waals surface area contributed by atoms with Crippen LogP contribution in [0.5, 0.6) is 0 Å². The Morgan fingerprint density at radius 3 is 2.53 bits per heavy atom. The van der Waals surface area contributed by atoms with Crippen molar-refractivity contribution in [2.24, 2.45) is 0 Å². The Labute approximate surface area is 92.1 Å². The molecule has 1 rings (SSSR count). The van der Waals surface area contributed by atoms with Gasteiger partial charge >= 0.3 is 0 Å². The summed E-state index contributed by atoms with van der Waals surface area (Å²) in [5, 5.41) is 8.94. The van der Waals surface area contributed by atoms with Crippen LogP contribution in [-0.2, 0) is 0 Å². The molecule has 0 fully saturated rings. The molecule has 1 heteroatoms. The normalized spacial score (nSPS) is 10.4. The molecule has 0 unspecified atom stereocenters. The molecule has 0 spiro atoms. The van der Waals surface area contributed by atoms with Gasteiger partial charge in [0.05, 0.1) is 11.6 Å². The average Bonchev–Trinajstić information content (AvgIpc) is 2.27. The maximum absolute atomic E-state index is 8.94. The molecule has 0 N–H and O–H groups in total. The van der Waals surface area contributed by atoms with E-state index in [2.05, 4.69) is 32.6 Å². The lowest BCUT2D eigenvalue weighted by Crippen LogP contribution is -1.96. The second-order valence-electron chi connectivity index (χ2n) is 4.00. The Bertz CT molecular complexity index is 396. The third kappa shape index (κ3) is 2.70. The van der Waals surface area contributed by atoms with E-state index in [1.54, 1.807) is 0 Å². The summed E-state index contributed by atoms with van der Waals surface area (Å²) in [7, 11) is 0. The smallest absolute Gasteiger partial charge is 0.0991 e. The van der Waals surface area contributed by atoms with Crippen LogP contribution in [0.15, 0.2) is 30.9 Å². The van der Waals surface area contributed by atoms with Crippen LogP contribution in [0.4, 0.5) is 0 Å². The lowest BCUT2D eigenvalue weighted by Gasteiger charge is -2.11. The van der Waals surface area contributed by atoms with Gasteiger partial charge in [-0.05, 0) is 29.2 Å². The van der Waals surface area contributed by atoms with E-state index < -0.39 is 0 Å². The zero-order chi connectivity index (χ0) is 11.4. The number of hydrogen-bond acceptors (Lipinski definition) is 1. The van der Waals surface area contributed by atoms with Crippen molar-refractivity contribution in [1.82, 2.24) is 0 Å². The Morgan fingerprint density at radius 1 is 1.40 bits per heavy atom. The molecular formula is C14H16N. The maximum Gasteiger partial charge on any atom is 0.0991 e. The minimum Gasteiger partial charge on any atom is -0.192 e. The fourth-order valence-corrected chi connectivity index (χ4v) is 1.40. The SMILES string of the molecule is C=C[C](C)c1cc(C#N)cc(C(C)C)c1. The lowest BCUT2D eigenvalue weighted by atomic mass is 9.93. The van der Waals surface area contributed by atoms with Gasteiger partial charge in [0.1, 0.15) is 0 Å². The molecule has 0 aliphatic heterocycles. The highest BCUT2D eigenvalue weighted by Gasteiger charge is 2.07. The largest absolute Gasteiger partial charge is 0.192 e. The summed E-state index contributed by atoms with van der Waals surface area (Å²) < 4.78 is 0. The standard InChI is InChI=1S/C14H16N/c1-5-11(4)14-7-12(9-15)6-13(8-14)10(2)3/h5-8,10H,1H2,2-4H3. The first-order chi connectivity index (χ1) is 7.08. The van der Waals surface area contributed by atoms with Gasteiger partial charge in [-0.1, -0.05) is 32.9 Å². The highest BCUT2D eigenvalue weighted by atomic mass is 14.2. The second-order valence-corrected chi connectivity index (χ2v) is 4.00. The van der Waals surface area contributed by atoms with Crippen LogP contribution in [0.1, 0.15) is 43.4 Å². The summed E-state index contributed by atoms with van der Waals surface area (Å²) in [5.74, 6) is 1.55. The summed E-state index contributed by atoms with van der Waals surface area (Å²) in [4.78, 5) is 0. The Balaban J connectivity index is 3.24. The van der Waals surface area contributed by atoms with E-state index in [1.807, 2.05) is 25.1 Å². The molecule has 0 aliphatic carbocycles. The van der Waals surface area contributed by atoms with Crippen LogP contribution < -0.4 is 0 Å². The van der Waals surface area contributed by atoms with Gasteiger partial charge in [0, 0.05) is 5.92 Å². The first-order valence-electron chi connectivity index (χ1n) is 5.10. The van der Waals surface area contributed by atoms with Gasteiger partial charge in [-0.25, -0.2) is 0 Å². The van der Waals surface area contributed by atoms with Gasteiger partial charge in [0.25, 0.3) is 0 Å². The van der Waals surface area contributed by atoms with Crippen molar-refractivity contribution in [3.63, 3.8) is 0 Å². The zero-order valence-corrected chi connectivity index (χ0v) is 9.54. The summed E-state index contributed by atoms with van der Waals surface area (Å²) in [5.41, 5.74) is 3.01. The number of nitrogens with zero attached hydrogens (tertiary/aromatic N) is 1. The van der Waals surface area contributed by atoms with Crippen LogP contribution in [0.3, 0.4) is 0 Å². The molecule has 0 aliphatic rings. The molecule has 1 aromatic rings.